The van der Waals surface area contributed by atoms with Crippen LogP contribution in [0.3, 0.4) is 0 Å². The van der Waals surface area contributed by atoms with E-state index in [0.717, 1.165) is 31.9 Å². The molecule has 11 nitrogen and oxygen atoms in total. The van der Waals surface area contributed by atoms with Gasteiger partial charge in [-0.25, -0.2) is 0 Å². The molecule has 3 aliphatic heterocycles. The summed E-state index contributed by atoms with van der Waals surface area (Å²) in [6, 6.07) is 16.8. The minimum Gasteiger partial charge on any atom is -0.459 e. The number of aliphatic hydroxyl groups is 1. The first-order valence-electron chi connectivity index (χ1n) is 14.2. The van der Waals surface area contributed by atoms with Crippen molar-refractivity contribution in [2.45, 2.75) is 51.1 Å². The van der Waals surface area contributed by atoms with Crippen LogP contribution in [0.15, 0.2) is 65.3 Å². The third-order valence-corrected chi connectivity index (χ3v) is 7.93. The molecule has 3 N–H and O–H groups in total. The minimum absolute atomic E-state index is 0.168. The number of hydrogen-bond donors (Lipinski definition) is 3. The van der Waals surface area contributed by atoms with Crippen LogP contribution in [-0.4, -0.2) is 80.0 Å². The molecule has 3 saturated heterocycles. The topological polar surface area (TPSA) is 126 Å². The molecule has 3 aliphatic rings. The van der Waals surface area contributed by atoms with Gasteiger partial charge in [0.2, 0.25) is 0 Å². The van der Waals surface area contributed by atoms with Crippen molar-refractivity contribution in [1.29, 1.82) is 0 Å². The predicted octanol–water partition coefficient (Wildman–Crippen LogP) is 3.13. The lowest BCUT2D eigenvalue weighted by Gasteiger charge is -2.38. The van der Waals surface area contributed by atoms with Crippen molar-refractivity contribution in [3.63, 3.8) is 0 Å². The van der Waals surface area contributed by atoms with Crippen LogP contribution < -0.4 is 20.4 Å². The molecule has 1 aromatic heterocycles. The van der Waals surface area contributed by atoms with Gasteiger partial charge < -0.3 is 44.2 Å². The fourth-order valence-electron chi connectivity index (χ4n) is 5.91. The maximum absolute atomic E-state index is 13.4. The molecule has 0 radical (unpaired) electrons. The summed E-state index contributed by atoms with van der Waals surface area (Å²) in [6.07, 6.45) is -1.06. The van der Waals surface area contributed by atoms with E-state index in [9.17, 15) is 14.7 Å². The number of fused-ring (bicyclic) bond motifs is 1. The number of amides is 2. The molecule has 4 atom stereocenters. The summed E-state index contributed by atoms with van der Waals surface area (Å²) in [5, 5.41) is 15.6. The zero-order valence-corrected chi connectivity index (χ0v) is 23.9. The lowest BCUT2D eigenvalue weighted by atomic mass is 10.1. The van der Waals surface area contributed by atoms with Crippen LogP contribution in [-0.2, 0) is 14.2 Å². The molecule has 0 unspecified atom stereocenters. The van der Waals surface area contributed by atoms with Crippen LogP contribution in [0.2, 0.25) is 0 Å². The number of benzene rings is 2. The monoisotopic (exact) mass is 576 g/mol. The number of hydrogen-bond acceptors (Lipinski definition) is 9. The highest BCUT2D eigenvalue weighted by Gasteiger charge is 2.55. The number of aryl methyl sites for hydroxylation is 1. The van der Waals surface area contributed by atoms with Crippen LogP contribution >= 0.6 is 0 Å². The maximum atomic E-state index is 13.4. The third-order valence-electron chi connectivity index (χ3n) is 7.93. The van der Waals surface area contributed by atoms with Gasteiger partial charge in [-0.15, -0.1) is 0 Å². The molecular formula is C31H36N4O7. The van der Waals surface area contributed by atoms with Crippen molar-refractivity contribution in [2.24, 2.45) is 0 Å². The molecule has 2 amide bonds. The van der Waals surface area contributed by atoms with Crippen LogP contribution in [0.1, 0.15) is 40.3 Å². The largest absolute Gasteiger partial charge is 0.459 e. The number of carbonyl (C=O) groups is 2. The Bertz CT molecular complexity index is 1430. The highest BCUT2D eigenvalue weighted by Crippen LogP contribution is 2.38. The molecule has 222 valence electrons. The van der Waals surface area contributed by atoms with Crippen LogP contribution in [0.4, 0.5) is 17.1 Å². The summed E-state index contributed by atoms with van der Waals surface area (Å²) in [4.78, 5) is 31.0. The molecule has 42 heavy (non-hydrogen) atoms. The van der Waals surface area contributed by atoms with E-state index in [1.807, 2.05) is 18.2 Å². The highest BCUT2D eigenvalue weighted by molar-refractivity contribution is 6.05. The molecule has 0 saturated carbocycles. The summed E-state index contributed by atoms with van der Waals surface area (Å²) in [5.74, 6) is -1.51. The van der Waals surface area contributed by atoms with Gasteiger partial charge in [0.25, 0.3) is 11.8 Å². The molecule has 3 fully saturated rings. The Hall–Kier alpha value is -3.90. The summed E-state index contributed by atoms with van der Waals surface area (Å²) < 4.78 is 23.0. The fourth-order valence-corrected chi connectivity index (χ4v) is 5.91. The van der Waals surface area contributed by atoms with Crippen molar-refractivity contribution in [3.8, 4) is 0 Å². The van der Waals surface area contributed by atoms with E-state index < -0.39 is 42.1 Å². The summed E-state index contributed by atoms with van der Waals surface area (Å²) in [6.45, 7) is 8.51. The van der Waals surface area contributed by atoms with Gasteiger partial charge in [-0.2, -0.15) is 0 Å². The average molecular weight is 577 g/mol. The number of ether oxygens (including phenoxy) is 3. The van der Waals surface area contributed by atoms with Gasteiger partial charge in [0.05, 0.1) is 24.2 Å². The summed E-state index contributed by atoms with van der Waals surface area (Å²) >= 11 is 0. The number of nitrogens with zero attached hydrogens (tertiary/aromatic N) is 2. The number of furan rings is 1. The number of para-hydroxylation sites is 1. The zero-order chi connectivity index (χ0) is 29.4. The van der Waals surface area contributed by atoms with E-state index in [2.05, 4.69) is 39.5 Å². The lowest BCUT2D eigenvalue weighted by Crippen LogP contribution is -2.47. The van der Waals surface area contributed by atoms with E-state index in [4.69, 9.17) is 18.6 Å². The van der Waals surface area contributed by atoms with Gasteiger partial charge in [-0.3, -0.25) is 9.59 Å². The predicted molar refractivity (Wildman–Crippen MR) is 156 cm³/mol. The minimum atomic E-state index is -0.857. The van der Waals surface area contributed by atoms with Crippen LogP contribution in [0.5, 0.6) is 0 Å². The smallest absolute Gasteiger partial charge is 0.291 e. The molecule has 2 aromatic carbocycles. The third kappa shape index (κ3) is 5.60. The number of aliphatic hydroxyl groups excluding tert-OH is 1. The normalized spacial score (nSPS) is 24.9. The van der Waals surface area contributed by atoms with Crippen LogP contribution in [0, 0.1) is 6.92 Å². The van der Waals surface area contributed by atoms with E-state index in [1.165, 1.54) is 17.5 Å². The first-order chi connectivity index (χ1) is 20.2. The Morgan fingerprint density at radius 2 is 1.64 bits per heavy atom. The number of nitrogens with one attached hydrogen (secondary N) is 2. The first kappa shape index (κ1) is 28.2. The first-order valence-corrected chi connectivity index (χ1v) is 14.2. The Balaban J connectivity index is 1.21. The van der Waals surface area contributed by atoms with E-state index >= 15 is 0 Å². The Labute approximate surface area is 244 Å². The number of carbonyl (C=O) groups excluding carboxylic acids is 2. The second-order valence-corrected chi connectivity index (χ2v) is 11.2. The second-order valence-electron chi connectivity index (χ2n) is 11.2. The van der Waals surface area contributed by atoms with Crippen molar-refractivity contribution < 1.29 is 33.3 Å². The van der Waals surface area contributed by atoms with Gasteiger partial charge in [-0.05, 0) is 62.7 Å². The molecule has 3 aromatic rings. The van der Waals surface area contributed by atoms with Gasteiger partial charge >= 0.3 is 0 Å². The molecule has 4 heterocycles. The van der Waals surface area contributed by atoms with Gasteiger partial charge in [0, 0.05) is 37.4 Å². The standard InChI is InChI=1S/C31H36N4O7/c1-19-7-4-5-8-22(19)34-12-14-35(15-13-34)23-11-10-20(17-21(23)32-29(38)24-9-6-16-39-24)28(37)33-30-27-26(25(18-36)40-30)41-31(2,3)42-27/h4-11,16-17,25-27,30,36H,12-15,18H2,1-3H3,(H,32,38)(H,33,37)/t25-,26-,27-,30-/m0/s1. The van der Waals surface area contributed by atoms with Gasteiger partial charge in [0.15, 0.2) is 17.8 Å². The lowest BCUT2D eigenvalue weighted by molar-refractivity contribution is -0.192. The van der Waals surface area contributed by atoms with E-state index in [0.29, 0.717) is 11.3 Å². The van der Waals surface area contributed by atoms with Gasteiger partial charge in [-0.1, -0.05) is 18.2 Å². The highest BCUT2D eigenvalue weighted by atomic mass is 16.8. The van der Waals surface area contributed by atoms with Crippen molar-refractivity contribution in [3.05, 3.63) is 77.7 Å². The SMILES string of the molecule is Cc1ccccc1N1CCN(c2ccc(C(=O)N[C@H]3O[C@@H](CO)[C@@H]4OC(C)(C)O[C@@H]43)cc2NC(=O)c2ccco2)CC1. The Morgan fingerprint density at radius 1 is 0.929 bits per heavy atom. The van der Waals surface area contributed by atoms with Crippen molar-refractivity contribution >= 4 is 28.9 Å². The Morgan fingerprint density at radius 3 is 2.33 bits per heavy atom. The van der Waals surface area contributed by atoms with Crippen molar-refractivity contribution in [2.75, 3.05) is 47.9 Å². The second kappa shape index (κ2) is 11.4. The molecule has 6 rings (SSSR count). The van der Waals surface area contributed by atoms with Crippen LogP contribution in [0.25, 0.3) is 0 Å². The maximum Gasteiger partial charge on any atom is 0.291 e. The van der Waals surface area contributed by atoms with Crippen molar-refractivity contribution in [1.82, 2.24) is 5.32 Å². The Kier molecular flexibility index (Phi) is 7.67. The number of piperazine rings is 1. The summed E-state index contributed by atoms with van der Waals surface area (Å²) in [5.41, 5.74) is 4.08. The molecular weight excluding hydrogens is 540 g/mol. The average Bonchev–Trinajstić information content (AvgIpc) is 3.70. The molecule has 0 bridgehead atoms. The number of rotatable bonds is 7. The quantitative estimate of drug-likeness (QED) is 0.389. The van der Waals surface area contributed by atoms with E-state index in [1.54, 1.807) is 38.1 Å². The van der Waals surface area contributed by atoms with E-state index in [-0.39, 0.29) is 12.4 Å². The molecule has 0 aliphatic carbocycles. The molecule has 0 spiro atoms. The number of anilines is 3. The molecule has 11 heteroatoms. The zero-order valence-electron chi connectivity index (χ0n) is 23.9. The fraction of sp³-hybridized carbons (Fsp3) is 0.419. The summed E-state index contributed by atoms with van der Waals surface area (Å²) in [7, 11) is 0. The van der Waals surface area contributed by atoms with Gasteiger partial charge in [0.1, 0.15) is 18.3 Å².